The number of halogens is 1. The molecule has 0 saturated heterocycles. The fourth-order valence-electron chi connectivity index (χ4n) is 1.67. The number of phenolic OH excluding ortho intramolecular Hbond substituents is 1. The van der Waals surface area contributed by atoms with Crippen molar-refractivity contribution in [2.24, 2.45) is 0 Å². The second-order valence-electron chi connectivity index (χ2n) is 4.14. The third-order valence-corrected chi connectivity index (χ3v) is 2.93. The predicted molar refractivity (Wildman–Crippen MR) is 78.6 cm³/mol. The number of rotatable bonds is 3. The van der Waals surface area contributed by atoms with Crippen LogP contribution in [0.1, 0.15) is 10.4 Å². The molecule has 0 aliphatic heterocycles. The van der Waals surface area contributed by atoms with E-state index in [1.165, 1.54) is 30.3 Å². The molecule has 0 saturated carbocycles. The van der Waals surface area contributed by atoms with Crippen LogP contribution >= 0.6 is 11.6 Å². The Hall–Kier alpha value is -2.80. The molecule has 0 aliphatic rings. The largest absolute Gasteiger partial charge is 0.506 e. The molecule has 2 aromatic rings. The van der Waals surface area contributed by atoms with E-state index in [-0.39, 0.29) is 22.6 Å². The Kier molecular flexibility index (Phi) is 3.95. The lowest BCUT2D eigenvalue weighted by Gasteiger charge is -2.09. The van der Waals surface area contributed by atoms with Crippen LogP contribution in [0.5, 0.6) is 5.75 Å². The second kappa shape index (κ2) is 5.68. The van der Waals surface area contributed by atoms with E-state index >= 15 is 0 Å². The third-order valence-electron chi connectivity index (χ3n) is 2.70. The highest BCUT2D eigenvalue weighted by Crippen LogP contribution is 2.29. The number of nitrogens with one attached hydrogen (secondary N) is 1. The fraction of sp³-hybridized carbons (Fsp3) is 0. The van der Waals surface area contributed by atoms with Crippen LogP contribution in [-0.4, -0.2) is 15.9 Å². The van der Waals surface area contributed by atoms with E-state index in [2.05, 4.69) is 5.32 Å². The molecule has 2 rings (SSSR count). The summed E-state index contributed by atoms with van der Waals surface area (Å²) in [6.07, 6.45) is 0. The molecule has 4 N–H and O–H groups in total. The monoisotopic (exact) mass is 307 g/mol. The van der Waals surface area contributed by atoms with Crippen LogP contribution in [0.3, 0.4) is 0 Å². The minimum atomic E-state index is -0.650. The standard InChI is InChI=1S/C13H10ClN3O4/c14-7-1-3-9(10(15)5-7)13(19)16-11-4-2-8(17(20)21)6-12(11)18/h1-6,18H,15H2,(H,16,19). The molecule has 0 fully saturated rings. The number of amides is 1. The van der Waals surface area contributed by atoms with Gasteiger partial charge in [0.15, 0.2) is 0 Å². The minimum Gasteiger partial charge on any atom is -0.506 e. The average molecular weight is 308 g/mol. The highest BCUT2D eigenvalue weighted by atomic mass is 35.5. The Labute approximate surface area is 124 Å². The van der Waals surface area contributed by atoms with Crippen molar-refractivity contribution in [3.63, 3.8) is 0 Å². The maximum Gasteiger partial charge on any atom is 0.273 e. The average Bonchev–Trinajstić information content (AvgIpc) is 2.40. The molecule has 0 bridgehead atoms. The van der Waals surface area contributed by atoms with Gasteiger partial charge in [-0.25, -0.2) is 0 Å². The summed E-state index contributed by atoms with van der Waals surface area (Å²) < 4.78 is 0. The van der Waals surface area contributed by atoms with Gasteiger partial charge in [-0.05, 0) is 24.3 Å². The van der Waals surface area contributed by atoms with Gasteiger partial charge in [0.2, 0.25) is 0 Å². The maximum absolute atomic E-state index is 12.0. The van der Waals surface area contributed by atoms with E-state index in [4.69, 9.17) is 17.3 Å². The number of hydrogen-bond acceptors (Lipinski definition) is 5. The molecular formula is C13H10ClN3O4. The van der Waals surface area contributed by atoms with Gasteiger partial charge in [0.25, 0.3) is 11.6 Å². The number of nitro benzene ring substituents is 1. The molecule has 7 nitrogen and oxygen atoms in total. The molecule has 0 radical (unpaired) electrons. The number of carbonyl (C=O) groups is 1. The second-order valence-corrected chi connectivity index (χ2v) is 4.58. The lowest BCUT2D eigenvalue weighted by atomic mass is 10.1. The first-order valence-electron chi connectivity index (χ1n) is 5.72. The van der Waals surface area contributed by atoms with Crippen LogP contribution in [0.4, 0.5) is 17.1 Å². The number of nitro groups is 1. The number of carbonyl (C=O) groups excluding carboxylic acids is 1. The van der Waals surface area contributed by atoms with Gasteiger partial charge in [-0.15, -0.1) is 0 Å². The van der Waals surface area contributed by atoms with Gasteiger partial charge < -0.3 is 16.2 Å². The molecule has 1 amide bonds. The Morgan fingerprint density at radius 2 is 2.00 bits per heavy atom. The van der Waals surface area contributed by atoms with Crippen LogP contribution in [0.2, 0.25) is 5.02 Å². The number of non-ortho nitro benzene ring substituents is 1. The topological polar surface area (TPSA) is 118 Å². The van der Waals surface area contributed by atoms with Crippen molar-refractivity contribution in [1.82, 2.24) is 0 Å². The van der Waals surface area contributed by atoms with Gasteiger partial charge in [-0.1, -0.05) is 11.6 Å². The van der Waals surface area contributed by atoms with Crippen molar-refractivity contribution < 1.29 is 14.8 Å². The molecule has 21 heavy (non-hydrogen) atoms. The molecule has 0 heterocycles. The molecular weight excluding hydrogens is 298 g/mol. The molecule has 0 atom stereocenters. The number of benzene rings is 2. The lowest BCUT2D eigenvalue weighted by molar-refractivity contribution is -0.384. The van der Waals surface area contributed by atoms with Crippen LogP contribution in [0, 0.1) is 10.1 Å². The third kappa shape index (κ3) is 3.21. The number of aromatic hydroxyl groups is 1. The van der Waals surface area contributed by atoms with E-state index < -0.39 is 16.6 Å². The van der Waals surface area contributed by atoms with Gasteiger partial charge in [0.05, 0.1) is 22.2 Å². The fourth-order valence-corrected chi connectivity index (χ4v) is 1.85. The number of nitrogens with zero attached hydrogens (tertiary/aromatic N) is 1. The summed E-state index contributed by atoms with van der Waals surface area (Å²) in [5, 5.41) is 23.0. The van der Waals surface area contributed by atoms with E-state index in [1.807, 2.05) is 0 Å². The van der Waals surface area contributed by atoms with Crippen molar-refractivity contribution in [2.75, 3.05) is 11.1 Å². The van der Waals surface area contributed by atoms with Crippen LogP contribution in [-0.2, 0) is 0 Å². The molecule has 0 aliphatic carbocycles. The van der Waals surface area contributed by atoms with E-state index in [0.29, 0.717) is 5.02 Å². The predicted octanol–water partition coefficient (Wildman–Crippen LogP) is 2.79. The Morgan fingerprint density at radius 3 is 2.57 bits per heavy atom. The maximum atomic E-state index is 12.0. The van der Waals surface area contributed by atoms with Crippen molar-refractivity contribution in [3.05, 3.63) is 57.1 Å². The van der Waals surface area contributed by atoms with E-state index in [0.717, 1.165) is 6.07 Å². The van der Waals surface area contributed by atoms with Gasteiger partial charge >= 0.3 is 0 Å². The summed E-state index contributed by atoms with van der Waals surface area (Å²) >= 11 is 5.74. The zero-order chi connectivity index (χ0) is 15.6. The van der Waals surface area contributed by atoms with Crippen LogP contribution in [0.25, 0.3) is 0 Å². The zero-order valence-electron chi connectivity index (χ0n) is 10.5. The molecule has 0 unspecified atom stereocenters. The molecule has 0 aromatic heterocycles. The summed E-state index contributed by atoms with van der Waals surface area (Å²) in [5.74, 6) is -0.974. The normalized spacial score (nSPS) is 10.1. The quantitative estimate of drug-likeness (QED) is 0.349. The zero-order valence-corrected chi connectivity index (χ0v) is 11.3. The summed E-state index contributed by atoms with van der Waals surface area (Å²) in [5.41, 5.74) is 5.80. The first-order valence-corrected chi connectivity index (χ1v) is 6.10. The van der Waals surface area contributed by atoms with Gasteiger partial charge in [0.1, 0.15) is 5.75 Å². The Morgan fingerprint density at radius 1 is 1.29 bits per heavy atom. The molecule has 108 valence electrons. The van der Waals surface area contributed by atoms with Crippen LogP contribution < -0.4 is 11.1 Å². The minimum absolute atomic E-state index is 0.0416. The SMILES string of the molecule is Nc1cc(Cl)ccc1C(=O)Nc1ccc([N+](=O)[O-])cc1O. The number of nitrogens with two attached hydrogens (primary N) is 1. The first-order chi connectivity index (χ1) is 9.88. The lowest BCUT2D eigenvalue weighted by Crippen LogP contribution is -2.14. The Bertz CT molecular complexity index is 733. The van der Waals surface area contributed by atoms with E-state index in [1.54, 1.807) is 0 Å². The Balaban J connectivity index is 2.25. The van der Waals surface area contributed by atoms with E-state index in [9.17, 15) is 20.0 Å². The number of phenols is 1. The van der Waals surface area contributed by atoms with Gasteiger partial charge in [-0.2, -0.15) is 0 Å². The van der Waals surface area contributed by atoms with Crippen molar-refractivity contribution in [3.8, 4) is 5.75 Å². The van der Waals surface area contributed by atoms with Gasteiger partial charge in [-0.3, -0.25) is 14.9 Å². The van der Waals surface area contributed by atoms with Crippen molar-refractivity contribution in [2.45, 2.75) is 0 Å². The summed E-state index contributed by atoms with van der Waals surface area (Å²) in [4.78, 5) is 22.0. The molecule has 2 aromatic carbocycles. The smallest absolute Gasteiger partial charge is 0.273 e. The first kappa shape index (κ1) is 14.6. The summed E-state index contributed by atoms with van der Waals surface area (Å²) in [6, 6.07) is 7.71. The number of hydrogen-bond donors (Lipinski definition) is 3. The molecule has 8 heteroatoms. The number of nitrogen functional groups attached to an aromatic ring is 1. The summed E-state index contributed by atoms with van der Waals surface area (Å²) in [7, 11) is 0. The highest BCUT2D eigenvalue weighted by molar-refractivity contribution is 6.31. The van der Waals surface area contributed by atoms with Crippen molar-refractivity contribution >= 4 is 34.6 Å². The number of anilines is 2. The van der Waals surface area contributed by atoms with Crippen molar-refractivity contribution in [1.29, 1.82) is 0 Å². The molecule has 0 spiro atoms. The van der Waals surface area contributed by atoms with Crippen LogP contribution in [0.15, 0.2) is 36.4 Å². The van der Waals surface area contributed by atoms with Gasteiger partial charge in [0, 0.05) is 16.8 Å². The summed E-state index contributed by atoms with van der Waals surface area (Å²) in [6.45, 7) is 0. The highest BCUT2D eigenvalue weighted by Gasteiger charge is 2.15.